The number of hydrogen-bond acceptors (Lipinski definition) is 11. The summed E-state index contributed by atoms with van der Waals surface area (Å²) in [6, 6.07) is 6.86. The molecule has 2 saturated heterocycles. The number of anilines is 3. The van der Waals surface area contributed by atoms with Crippen molar-refractivity contribution in [2.45, 2.75) is 60.7 Å². The van der Waals surface area contributed by atoms with Crippen molar-refractivity contribution in [3.05, 3.63) is 64.1 Å². The molecule has 4 heterocycles. The smallest absolute Gasteiger partial charge is 0.265 e. The number of nitrogens with one attached hydrogen (secondary N) is 2. The summed E-state index contributed by atoms with van der Waals surface area (Å²) in [5.74, 6) is -2.87. The number of halogens is 2. The number of aromatic nitrogens is 2. The third-order valence-corrected chi connectivity index (χ3v) is 9.83. The van der Waals surface area contributed by atoms with Crippen molar-refractivity contribution >= 4 is 64.3 Å². The first-order valence-corrected chi connectivity index (χ1v) is 15.5. The first-order chi connectivity index (χ1) is 21.4. The lowest BCUT2D eigenvalue weighted by molar-refractivity contribution is -0.136. The fourth-order valence-electron chi connectivity index (χ4n) is 5.58. The van der Waals surface area contributed by atoms with Gasteiger partial charge in [0.15, 0.2) is 5.82 Å². The number of carbonyl (C=O) groups is 4. The number of fused-ring (bicyclic) bond motifs is 1. The van der Waals surface area contributed by atoms with E-state index in [2.05, 4.69) is 25.5 Å². The molecule has 0 spiro atoms. The average Bonchev–Trinajstić information content (AvgIpc) is 3.25. The highest BCUT2D eigenvalue weighted by Gasteiger charge is 2.46. The van der Waals surface area contributed by atoms with Crippen LogP contribution in [-0.4, -0.2) is 63.2 Å². The van der Waals surface area contributed by atoms with Crippen LogP contribution in [0.2, 0.25) is 5.02 Å². The summed E-state index contributed by atoms with van der Waals surface area (Å²) in [7, 11) is 0. The Bertz CT molecular complexity index is 1750. The quantitative estimate of drug-likeness (QED) is 0.275. The maximum Gasteiger partial charge on any atom is 0.265 e. The van der Waals surface area contributed by atoms with Gasteiger partial charge in [-0.1, -0.05) is 35.5 Å². The zero-order chi connectivity index (χ0) is 32.0. The lowest BCUT2D eigenvalue weighted by Gasteiger charge is -2.37. The van der Waals surface area contributed by atoms with Crippen LogP contribution >= 0.6 is 23.4 Å². The average molecular weight is 653 g/mol. The number of amides is 4. The molecular weight excluding hydrogens is 623 g/mol. The molecule has 45 heavy (non-hydrogen) atoms. The van der Waals surface area contributed by atoms with Crippen LogP contribution in [0, 0.1) is 5.82 Å². The summed E-state index contributed by atoms with van der Waals surface area (Å²) in [5, 5.41) is 6.04. The van der Waals surface area contributed by atoms with Crippen molar-refractivity contribution in [1.82, 2.24) is 20.2 Å². The number of benzene rings is 2. The molecule has 0 radical (unpaired) electrons. The molecule has 0 bridgehead atoms. The molecule has 4 amide bonds. The van der Waals surface area contributed by atoms with Crippen molar-refractivity contribution in [3.63, 3.8) is 0 Å². The number of nitrogens with zero attached hydrogens (tertiary/aromatic N) is 4. The molecule has 3 aliphatic heterocycles. The summed E-state index contributed by atoms with van der Waals surface area (Å²) in [5.41, 5.74) is 12.4. The highest BCUT2D eigenvalue weighted by Crippen LogP contribution is 2.39. The first kappa shape index (κ1) is 30.7. The lowest BCUT2D eigenvalue weighted by Crippen LogP contribution is -2.54. The summed E-state index contributed by atoms with van der Waals surface area (Å²) in [6.45, 7) is 3.52. The molecule has 2 fully saturated rings. The monoisotopic (exact) mass is 652 g/mol. The number of imide groups is 2. The van der Waals surface area contributed by atoms with Crippen molar-refractivity contribution in [2.75, 3.05) is 29.0 Å². The van der Waals surface area contributed by atoms with Crippen molar-refractivity contribution < 1.29 is 23.6 Å². The SMILES string of the molecule is CC1(N)CCN(c2cnc(Sc3cccc(NCc4ccc5c(c4F)C(=O)N(C4CCC(=O)NC4=O)C5=O)c3Cl)c(N)n2)CC1. The minimum absolute atomic E-state index is 0.0207. The van der Waals surface area contributed by atoms with Crippen LogP contribution in [0.1, 0.15) is 58.9 Å². The molecule has 6 N–H and O–H groups in total. The highest BCUT2D eigenvalue weighted by atomic mass is 35.5. The lowest BCUT2D eigenvalue weighted by atomic mass is 9.91. The normalized spacial score (nSPS) is 19.5. The van der Waals surface area contributed by atoms with Crippen molar-refractivity contribution in [1.29, 1.82) is 0 Å². The molecule has 12 nitrogen and oxygen atoms in total. The molecule has 0 saturated carbocycles. The molecule has 1 atom stereocenters. The molecule has 3 aromatic rings. The van der Waals surface area contributed by atoms with Gasteiger partial charge in [0.05, 0.1) is 28.0 Å². The van der Waals surface area contributed by atoms with Crippen LogP contribution in [0.3, 0.4) is 0 Å². The minimum atomic E-state index is -1.18. The van der Waals surface area contributed by atoms with E-state index < -0.39 is 41.1 Å². The van der Waals surface area contributed by atoms with Gasteiger partial charge in [-0.25, -0.2) is 14.4 Å². The Morgan fingerprint density at radius 2 is 1.91 bits per heavy atom. The summed E-state index contributed by atoms with van der Waals surface area (Å²) in [6.07, 6.45) is 3.30. The molecule has 234 valence electrons. The van der Waals surface area contributed by atoms with Crippen LogP contribution in [0.5, 0.6) is 0 Å². The van der Waals surface area contributed by atoms with E-state index in [0.29, 0.717) is 26.4 Å². The zero-order valence-corrected chi connectivity index (χ0v) is 25.8. The maximum absolute atomic E-state index is 15.6. The maximum atomic E-state index is 15.6. The molecule has 6 rings (SSSR count). The topological polar surface area (TPSA) is 177 Å². The largest absolute Gasteiger partial charge is 0.381 e. The van der Waals surface area contributed by atoms with E-state index in [0.717, 1.165) is 30.8 Å². The summed E-state index contributed by atoms with van der Waals surface area (Å²) < 4.78 is 15.6. The van der Waals surface area contributed by atoms with Crippen molar-refractivity contribution in [3.8, 4) is 0 Å². The Morgan fingerprint density at radius 3 is 2.62 bits per heavy atom. The van der Waals surface area contributed by atoms with Gasteiger partial charge in [0, 0.05) is 42.1 Å². The third-order valence-electron chi connectivity index (χ3n) is 8.25. The summed E-state index contributed by atoms with van der Waals surface area (Å²) in [4.78, 5) is 62.5. The molecule has 1 aromatic heterocycles. The van der Waals surface area contributed by atoms with Gasteiger partial charge < -0.3 is 21.7 Å². The number of piperidine rings is 2. The second-order valence-corrected chi connectivity index (χ2v) is 13.0. The number of hydrogen-bond donors (Lipinski definition) is 4. The van der Waals surface area contributed by atoms with Crippen LogP contribution < -0.4 is 27.0 Å². The Labute approximate surface area is 267 Å². The van der Waals surface area contributed by atoms with Gasteiger partial charge in [-0.2, -0.15) is 0 Å². The van der Waals surface area contributed by atoms with E-state index in [4.69, 9.17) is 23.1 Å². The van der Waals surface area contributed by atoms with Gasteiger partial charge >= 0.3 is 0 Å². The van der Waals surface area contributed by atoms with E-state index in [1.165, 1.54) is 23.9 Å². The highest BCUT2D eigenvalue weighted by molar-refractivity contribution is 7.99. The Balaban J connectivity index is 1.15. The van der Waals surface area contributed by atoms with Crippen LogP contribution in [0.4, 0.5) is 21.7 Å². The van der Waals surface area contributed by atoms with Crippen LogP contribution in [0.25, 0.3) is 0 Å². The fourth-order valence-corrected chi connectivity index (χ4v) is 6.70. The molecule has 2 aromatic carbocycles. The fraction of sp³-hybridized carbons (Fsp3) is 0.333. The molecule has 1 unspecified atom stereocenters. The van der Waals surface area contributed by atoms with Crippen molar-refractivity contribution in [2.24, 2.45) is 5.73 Å². The van der Waals surface area contributed by atoms with Crippen LogP contribution in [0.15, 0.2) is 46.5 Å². The van der Waals surface area contributed by atoms with E-state index in [-0.39, 0.29) is 41.9 Å². The van der Waals surface area contributed by atoms with Gasteiger partial charge in [-0.15, -0.1) is 0 Å². The van der Waals surface area contributed by atoms with Gasteiger partial charge in [0.25, 0.3) is 11.8 Å². The molecule has 0 aliphatic carbocycles. The van der Waals surface area contributed by atoms with Gasteiger partial charge in [-0.05, 0) is 44.4 Å². The Hall–Kier alpha value is -4.27. The number of rotatable bonds is 7. The van der Waals surface area contributed by atoms with E-state index in [9.17, 15) is 19.2 Å². The number of carbonyl (C=O) groups excluding carboxylic acids is 4. The molecule has 3 aliphatic rings. The standard InChI is InChI=1S/C30H30ClFN8O4S/c1-30(34)9-11-39(12-10-30)20-14-36-27(25(33)37-20)45-19-4-2-3-17(23(19)31)35-13-15-5-6-16-22(24(15)32)29(44)40(28(16)43)18-7-8-21(41)38-26(18)42/h2-6,14,18,35H,7-13,34H2,1H3,(H2,33,37)(H,38,41,42). The number of nitrogen functional groups attached to an aromatic ring is 1. The molecule has 15 heteroatoms. The number of nitrogens with two attached hydrogens (primary N) is 2. The third kappa shape index (κ3) is 5.92. The Kier molecular flexibility index (Phi) is 8.14. The first-order valence-electron chi connectivity index (χ1n) is 14.3. The second-order valence-electron chi connectivity index (χ2n) is 11.5. The summed E-state index contributed by atoms with van der Waals surface area (Å²) >= 11 is 7.95. The predicted molar refractivity (Wildman–Crippen MR) is 166 cm³/mol. The Morgan fingerprint density at radius 1 is 1.16 bits per heavy atom. The second kappa shape index (κ2) is 11.9. The zero-order valence-electron chi connectivity index (χ0n) is 24.2. The van der Waals surface area contributed by atoms with E-state index >= 15 is 4.39 Å². The van der Waals surface area contributed by atoms with Gasteiger partial charge in [0.2, 0.25) is 11.8 Å². The van der Waals surface area contributed by atoms with Gasteiger partial charge in [-0.3, -0.25) is 29.4 Å². The van der Waals surface area contributed by atoms with Gasteiger partial charge in [0.1, 0.15) is 22.7 Å². The van der Waals surface area contributed by atoms with Crippen LogP contribution in [-0.2, 0) is 16.1 Å². The molecular formula is C30H30ClFN8O4S. The van der Waals surface area contributed by atoms with E-state index in [1.54, 1.807) is 24.4 Å². The predicted octanol–water partition coefficient (Wildman–Crippen LogP) is 3.33. The van der Waals surface area contributed by atoms with E-state index in [1.807, 2.05) is 6.92 Å². The minimum Gasteiger partial charge on any atom is -0.381 e.